The van der Waals surface area contributed by atoms with Crippen molar-refractivity contribution in [2.45, 2.75) is 32.4 Å². The van der Waals surface area contributed by atoms with Crippen LogP contribution in [0.2, 0.25) is 0 Å². The maximum absolute atomic E-state index is 11.6. The Labute approximate surface area is 114 Å². The minimum absolute atomic E-state index is 0.355. The van der Waals surface area contributed by atoms with Crippen LogP contribution in [0.4, 0.5) is 0 Å². The topological polar surface area (TPSA) is 78.1 Å². The fourth-order valence-electron chi connectivity index (χ4n) is 2.60. The molecular formula is C12H22N4O2S. The van der Waals surface area contributed by atoms with Gasteiger partial charge >= 0.3 is 0 Å². The van der Waals surface area contributed by atoms with Crippen LogP contribution in [0.25, 0.3) is 0 Å². The van der Waals surface area contributed by atoms with Gasteiger partial charge in [0.05, 0.1) is 12.8 Å². The highest BCUT2D eigenvalue weighted by atomic mass is 32.2. The van der Waals surface area contributed by atoms with Gasteiger partial charge in [-0.15, -0.1) is 0 Å². The number of piperidine rings is 1. The monoisotopic (exact) mass is 286 g/mol. The summed E-state index contributed by atoms with van der Waals surface area (Å²) in [7, 11) is -3.06. The van der Waals surface area contributed by atoms with Gasteiger partial charge in [0.2, 0.25) is 10.0 Å². The Hall–Kier alpha value is -0.920. The second kappa shape index (κ2) is 6.02. The molecule has 0 aromatic carbocycles. The molecule has 0 spiro atoms. The average molecular weight is 286 g/mol. The lowest BCUT2D eigenvalue weighted by molar-refractivity contribution is 0.201. The molecule has 0 amide bonds. The molecule has 2 atom stereocenters. The van der Waals surface area contributed by atoms with E-state index < -0.39 is 10.0 Å². The second-order valence-electron chi connectivity index (χ2n) is 5.10. The zero-order valence-electron chi connectivity index (χ0n) is 11.5. The number of aromatic nitrogens is 2. The predicted molar refractivity (Wildman–Crippen MR) is 74.0 cm³/mol. The van der Waals surface area contributed by atoms with Crippen LogP contribution in [0.5, 0.6) is 0 Å². The number of nitrogens with zero attached hydrogens (tertiary/aromatic N) is 2. The Balaban J connectivity index is 1.92. The summed E-state index contributed by atoms with van der Waals surface area (Å²) in [5.41, 5.74) is 0. The van der Waals surface area contributed by atoms with Crippen LogP contribution in [0.3, 0.4) is 0 Å². The van der Waals surface area contributed by atoms with Crippen molar-refractivity contribution in [1.82, 2.24) is 19.6 Å². The molecule has 1 aliphatic rings. The lowest BCUT2D eigenvalue weighted by Crippen LogP contribution is -2.50. The van der Waals surface area contributed by atoms with Crippen molar-refractivity contribution in [3.05, 3.63) is 18.2 Å². The second-order valence-corrected chi connectivity index (χ2v) is 7.08. The van der Waals surface area contributed by atoms with Gasteiger partial charge in [-0.1, -0.05) is 13.3 Å². The van der Waals surface area contributed by atoms with Crippen LogP contribution in [0.1, 0.15) is 25.6 Å². The largest absolute Gasteiger partial charge is 0.348 e. The van der Waals surface area contributed by atoms with Gasteiger partial charge in [-0.3, -0.25) is 0 Å². The minimum Gasteiger partial charge on any atom is -0.348 e. The first-order chi connectivity index (χ1) is 9.00. The maximum atomic E-state index is 11.6. The number of rotatable bonds is 5. The van der Waals surface area contributed by atoms with Gasteiger partial charge in [0.1, 0.15) is 5.82 Å². The Morgan fingerprint density at radius 1 is 1.58 bits per heavy atom. The summed E-state index contributed by atoms with van der Waals surface area (Å²) < 4.78 is 24.8. The lowest BCUT2D eigenvalue weighted by atomic mass is 9.91. The van der Waals surface area contributed by atoms with E-state index in [4.69, 9.17) is 0 Å². The van der Waals surface area contributed by atoms with E-state index in [0.717, 1.165) is 18.7 Å². The lowest BCUT2D eigenvalue weighted by Gasteiger charge is -2.37. The summed E-state index contributed by atoms with van der Waals surface area (Å²) in [5, 5.41) is 3.48. The quantitative estimate of drug-likeness (QED) is 0.829. The third-order valence-corrected chi connectivity index (χ3v) is 5.05. The van der Waals surface area contributed by atoms with Crippen molar-refractivity contribution >= 4 is 10.0 Å². The molecule has 1 aliphatic heterocycles. The number of hydrogen-bond acceptors (Lipinski definition) is 4. The Morgan fingerprint density at radius 3 is 2.95 bits per heavy atom. The van der Waals surface area contributed by atoms with Gasteiger partial charge in [-0.05, 0) is 12.3 Å². The molecule has 2 N–H and O–H groups in total. The zero-order chi connectivity index (χ0) is 13.9. The van der Waals surface area contributed by atoms with Crippen molar-refractivity contribution in [2.24, 2.45) is 5.92 Å². The summed E-state index contributed by atoms with van der Waals surface area (Å²) in [6.45, 7) is 4.03. The fraction of sp³-hybridized carbons (Fsp3) is 0.750. The number of sulfonamides is 1. The highest BCUT2D eigenvalue weighted by Crippen LogP contribution is 2.22. The van der Waals surface area contributed by atoms with E-state index in [2.05, 4.69) is 22.2 Å². The highest BCUT2D eigenvalue weighted by Gasteiger charge is 2.31. The molecular weight excluding hydrogens is 264 g/mol. The number of nitrogens with one attached hydrogen (secondary N) is 2. The third kappa shape index (κ3) is 3.77. The molecule has 1 saturated heterocycles. The first kappa shape index (κ1) is 14.5. The molecule has 0 unspecified atom stereocenters. The van der Waals surface area contributed by atoms with E-state index in [1.54, 1.807) is 16.7 Å². The van der Waals surface area contributed by atoms with Crippen LogP contribution >= 0.6 is 0 Å². The van der Waals surface area contributed by atoms with Gasteiger partial charge in [0, 0.05) is 31.5 Å². The molecule has 2 heterocycles. The summed E-state index contributed by atoms with van der Waals surface area (Å²) in [6, 6.07) is 0.355. The summed E-state index contributed by atoms with van der Waals surface area (Å²) in [4.78, 5) is 7.24. The van der Waals surface area contributed by atoms with Crippen molar-refractivity contribution in [2.75, 3.05) is 19.3 Å². The van der Waals surface area contributed by atoms with Crippen LogP contribution in [0, 0.1) is 5.92 Å². The fourth-order valence-corrected chi connectivity index (χ4v) is 3.50. The first-order valence-corrected chi connectivity index (χ1v) is 8.52. The Morgan fingerprint density at radius 2 is 2.37 bits per heavy atom. The molecule has 19 heavy (non-hydrogen) atoms. The SMILES string of the molecule is CC[C@H]1CN(S(C)(=O)=O)CC[C@H]1NCc1ncc[nH]1. The molecule has 108 valence electrons. The van der Waals surface area contributed by atoms with E-state index in [-0.39, 0.29) is 0 Å². The Bertz CT molecular complexity index is 486. The number of hydrogen-bond donors (Lipinski definition) is 2. The summed E-state index contributed by atoms with van der Waals surface area (Å²) >= 11 is 0. The van der Waals surface area contributed by atoms with Crippen LogP contribution in [-0.2, 0) is 16.6 Å². The van der Waals surface area contributed by atoms with E-state index >= 15 is 0 Å². The van der Waals surface area contributed by atoms with E-state index in [0.29, 0.717) is 31.6 Å². The first-order valence-electron chi connectivity index (χ1n) is 6.67. The predicted octanol–water partition coefficient (Wildman–Crippen LogP) is 0.559. The minimum atomic E-state index is -3.06. The van der Waals surface area contributed by atoms with Crippen LogP contribution < -0.4 is 5.32 Å². The zero-order valence-corrected chi connectivity index (χ0v) is 12.3. The third-order valence-electron chi connectivity index (χ3n) is 3.78. The average Bonchev–Trinajstić information content (AvgIpc) is 2.88. The molecule has 0 bridgehead atoms. The highest BCUT2D eigenvalue weighted by molar-refractivity contribution is 7.88. The standard InChI is InChI=1S/C12H22N4O2S/c1-3-10-9-16(19(2,17)18)7-4-11(10)15-8-12-13-5-6-14-12/h5-6,10-11,15H,3-4,7-9H2,1-2H3,(H,13,14)/t10-,11+/m0/s1. The molecule has 1 aromatic heterocycles. The van der Waals surface area contributed by atoms with Gasteiger partial charge in [-0.2, -0.15) is 0 Å². The van der Waals surface area contributed by atoms with Gasteiger partial charge in [-0.25, -0.2) is 17.7 Å². The van der Waals surface area contributed by atoms with Gasteiger partial charge in [0.25, 0.3) is 0 Å². The summed E-state index contributed by atoms with van der Waals surface area (Å²) in [6.07, 6.45) is 6.66. The van der Waals surface area contributed by atoms with Crippen molar-refractivity contribution in [1.29, 1.82) is 0 Å². The molecule has 6 nitrogen and oxygen atoms in total. The molecule has 1 fully saturated rings. The molecule has 2 rings (SSSR count). The summed E-state index contributed by atoms with van der Waals surface area (Å²) in [5.74, 6) is 1.28. The number of aromatic amines is 1. The molecule has 1 aromatic rings. The van der Waals surface area contributed by atoms with E-state index in [1.807, 2.05) is 0 Å². The van der Waals surface area contributed by atoms with Crippen molar-refractivity contribution in [3.8, 4) is 0 Å². The number of H-pyrrole nitrogens is 1. The maximum Gasteiger partial charge on any atom is 0.211 e. The normalized spacial score (nSPS) is 25.6. The molecule has 0 saturated carbocycles. The van der Waals surface area contributed by atoms with Gasteiger partial charge in [0.15, 0.2) is 0 Å². The molecule has 7 heteroatoms. The van der Waals surface area contributed by atoms with Crippen molar-refractivity contribution < 1.29 is 8.42 Å². The molecule has 0 radical (unpaired) electrons. The van der Waals surface area contributed by atoms with E-state index in [1.165, 1.54) is 6.26 Å². The van der Waals surface area contributed by atoms with E-state index in [9.17, 15) is 8.42 Å². The Kier molecular flexibility index (Phi) is 4.59. The van der Waals surface area contributed by atoms with Crippen molar-refractivity contribution in [3.63, 3.8) is 0 Å². The van der Waals surface area contributed by atoms with Gasteiger partial charge < -0.3 is 10.3 Å². The smallest absolute Gasteiger partial charge is 0.211 e. The molecule has 0 aliphatic carbocycles. The van der Waals surface area contributed by atoms with Crippen LogP contribution in [-0.4, -0.2) is 48.1 Å². The number of imidazole rings is 1. The van der Waals surface area contributed by atoms with Crippen LogP contribution in [0.15, 0.2) is 12.4 Å².